The molecule has 10 heteroatoms. The van der Waals surface area contributed by atoms with Crippen LogP contribution in [0.2, 0.25) is 0 Å². The van der Waals surface area contributed by atoms with Crippen LogP contribution < -0.4 is 9.80 Å². The number of halogens is 1. The van der Waals surface area contributed by atoms with E-state index in [0.29, 0.717) is 29.8 Å². The highest BCUT2D eigenvalue weighted by molar-refractivity contribution is 7.91. The summed E-state index contributed by atoms with van der Waals surface area (Å²) in [7, 11) is -3.14. The van der Waals surface area contributed by atoms with Crippen LogP contribution >= 0.6 is 0 Å². The van der Waals surface area contributed by atoms with E-state index in [-0.39, 0.29) is 36.1 Å². The summed E-state index contributed by atoms with van der Waals surface area (Å²) in [5, 5.41) is 0. The van der Waals surface area contributed by atoms with Crippen LogP contribution in [0.4, 0.5) is 15.9 Å². The number of ether oxygens (including phenoxy) is 1. The lowest BCUT2D eigenvalue weighted by Gasteiger charge is -2.34. The minimum atomic E-state index is -3.14. The highest BCUT2D eigenvalue weighted by atomic mass is 32.2. The van der Waals surface area contributed by atoms with Crippen molar-refractivity contribution < 1.29 is 22.3 Å². The number of hydrogen-bond donors (Lipinski definition) is 0. The van der Waals surface area contributed by atoms with Crippen LogP contribution in [0, 0.1) is 19.7 Å². The molecule has 2 saturated heterocycles. The molecule has 2 aliphatic heterocycles. The first-order valence-electron chi connectivity index (χ1n) is 10.8. The number of rotatable bonds is 4. The average Bonchev–Trinajstić information content (AvgIpc) is 2.80. The molecule has 0 aromatic carbocycles. The number of nitrogens with zero attached hydrogens (tertiary/aromatic N) is 4. The maximum atomic E-state index is 15.1. The molecule has 2 aromatic rings. The van der Waals surface area contributed by atoms with Gasteiger partial charge in [-0.3, -0.25) is 14.7 Å². The van der Waals surface area contributed by atoms with E-state index in [1.54, 1.807) is 48.2 Å². The number of anilines is 2. The Labute approximate surface area is 187 Å². The summed E-state index contributed by atoms with van der Waals surface area (Å²) in [5.41, 5.74) is 1.48. The molecular formula is C22H27FN4O4S. The molecule has 0 bridgehead atoms. The van der Waals surface area contributed by atoms with Crippen LogP contribution in [-0.4, -0.2) is 61.7 Å². The smallest absolute Gasteiger partial charge is 0.279 e. The standard InChI is InChI=1S/C22H27FN4O4S/c1-15-16(2)20(25-21(19(15)23)26-9-12-32(29,30)13-10-26)22(28)27(17-6-5-8-24-14-17)18-7-3-4-11-31-18/h5-6,8,14,18H,3-4,7,9-13H2,1-2H3. The Bertz CT molecular complexity index is 1090. The number of hydrogen-bond acceptors (Lipinski definition) is 7. The van der Waals surface area contributed by atoms with E-state index in [0.717, 1.165) is 12.8 Å². The van der Waals surface area contributed by atoms with E-state index < -0.39 is 27.8 Å². The summed E-state index contributed by atoms with van der Waals surface area (Å²) >= 11 is 0. The van der Waals surface area contributed by atoms with Crippen molar-refractivity contribution in [2.45, 2.75) is 39.3 Å². The molecule has 0 saturated carbocycles. The molecule has 172 valence electrons. The Morgan fingerprint density at radius 1 is 1.22 bits per heavy atom. The van der Waals surface area contributed by atoms with Gasteiger partial charge in [0.25, 0.3) is 5.91 Å². The third-order valence-corrected chi connectivity index (χ3v) is 7.70. The molecule has 0 N–H and O–H groups in total. The maximum absolute atomic E-state index is 15.1. The van der Waals surface area contributed by atoms with Crippen LogP contribution in [0.25, 0.3) is 0 Å². The van der Waals surface area contributed by atoms with Gasteiger partial charge >= 0.3 is 0 Å². The summed E-state index contributed by atoms with van der Waals surface area (Å²) in [6.45, 7) is 4.11. The SMILES string of the molecule is Cc1c(C(=O)N(c2cccnc2)C2CCCCO2)nc(N2CCS(=O)(=O)CC2)c(F)c1C. The van der Waals surface area contributed by atoms with Gasteiger partial charge in [-0.05, 0) is 56.4 Å². The zero-order chi connectivity index (χ0) is 22.9. The first kappa shape index (κ1) is 22.6. The Morgan fingerprint density at radius 3 is 2.59 bits per heavy atom. The molecule has 32 heavy (non-hydrogen) atoms. The van der Waals surface area contributed by atoms with Crippen molar-refractivity contribution in [3.8, 4) is 0 Å². The second kappa shape index (κ2) is 9.11. The molecule has 2 aromatic heterocycles. The molecule has 2 fully saturated rings. The molecule has 4 rings (SSSR count). The molecule has 0 aliphatic carbocycles. The molecule has 1 atom stereocenters. The summed E-state index contributed by atoms with van der Waals surface area (Å²) in [6.07, 6.45) is 5.30. The molecule has 4 heterocycles. The largest absolute Gasteiger partial charge is 0.358 e. The van der Waals surface area contributed by atoms with Gasteiger partial charge in [0.05, 0.1) is 23.4 Å². The monoisotopic (exact) mass is 462 g/mol. The van der Waals surface area contributed by atoms with Crippen molar-refractivity contribution >= 4 is 27.2 Å². The number of aromatic nitrogens is 2. The van der Waals surface area contributed by atoms with Gasteiger partial charge in [-0.15, -0.1) is 0 Å². The number of amides is 1. The molecule has 1 unspecified atom stereocenters. The Morgan fingerprint density at radius 2 is 1.97 bits per heavy atom. The second-order valence-electron chi connectivity index (χ2n) is 8.19. The van der Waals surface area contributed by atoms with Gasteiger partial charge in [0.15, 0.2) is 21.5 Å². The predicted octanol–water partition coefficient (Wildman–Crippen LogP) is 2.64. The maximum Gasteiger partial charge on any atom is 0.279 e. The van der Waals surface area contributed by atoms with Gasteiger partial charge in [-0.25, -0.2) is 17.8 Å². The summed E-state index contributed by atoms with van der Waals surface area (Å²) in [6, 6.07) is 3.53. The van der Waals surface area contributed by atoms with Crippen LogP contribution in [0.15, 0.2) is 24.5 Å². The van der Waals surface area contributed by atoms with Gasteiger partial charge in [0, 0.05) is 25.9 Å². The summed E-state index contributed by atoms with van der Waals surface area (Å²) in [4.78, 5) is 25.5. The lowest BCUT2D eigenvalue weighted by Crippen LogP contribution is -2.45. The fourth-order valence-electron chi connectivity index (χ4n) is 4.04. The fourth-order valence-corrected chi connectivity index (χ4v) is 5.24. The van der Waals surface area contributed by atoms with Gasteiger partial charge in [-0.1, -0.05) is 0 Å². The number of pyridine rings is 2. The molecular weight excluding hydrogens is 435 g/mol. The zero-order valence-electron chi connectivity index (χ0n) is 18.3. The Kier molecular flexibility index (Phi) is 6.43. The van der Waals surface area contributed by atoms with Gasteiger partial charge < -0.3 is 9.64 Å². The van der Waals surface area contributed by atoms with Gasteiger partial charge in [-0.2, -0.15) is 0 Å². The molecule has 2 aliphatic rings. The number of sulfone groups is 1. The third kappa shape index (κ3) is 4.47. The Balaban J connectivity index is 1.75. The summed E-state index contributed by atoms with van der Waals surface area (Å²) < 4.78 is 44.7. The van der Waals surface area contributed by atoms with Gasteiger partial charge in [0.1, 0.15) is 11.9 Å². The van der Waals surface area contributed by atoms with Gasteiger partial charge in [0.2, 0.25) is 0 Å². The van der Waals surface area contributed by atoms with E-state index in [1.807, 2.05) is 0 Å². The van der Waals surface area contributed by atoms with Crippen LogP contribution in [-0.2, 0) is 14.6 Å². The zero-order valence-corrected chi connectivity index (χ0v) is 19.1. The quantitative estimate of drug-likeness (QED) is 0.690. The molecule has 8 nitrogen and oxygen atoms in total. The fraction of sp³-hybridized carbons (Fsp3) is 0.500. The number of carbonyl (C=O) groups excluding carboxylic acids is 1. The van der Waals surface area contributed by atoms with Crippen molar-refractivity contribution in [1.82, 2.24) is 9.97 Å². The van der Waals surface area contributed by atoms with Crippen LogP contribution in [0.3, 0.4) is 0 Å². The van der Waals surface area contributed by atoms with Crippen LogP contribution in [0.5, 0.6) is 0 Å². The normalized spacial score (nSPS) is 20.7. The lowest BCUT2D eigenvalue weighted by atomic mass is 10.1. The summed E-state index contributed by atoms with van der Waals surface area (Å²) in [5.74, 6) is -1.04. The van der Waals surface area contributed by atoms with Crippen LogP contribution in [0.1, 0.15) is 40.9 Å². The number of carbonyl (C=O) groups is 1. The lowest BCUT2D eigenvalue weighted by molar-refractivity contribution is 0.0143. The van der Waals surface area contributed by atoms with E-state index in [9.17, 15) is 13.2 Å². The third-order valence-electron chi connectivity index (χ3n) is 6.09. The first-order chi connectivity index (χ1) is 15.3. The predicted molar refractivity (Wildman–Crippen MR) is 119 cm³/mol. The van der Waals surface area contributed by atoms with E-state index in [2.05, 4.69) is 9.97 Å². The van der Waals surface area contributed by atoms with E-state index in [4.69, 9.17) is 4.74 Å². The van der Waals surface area contributed by atoms with E-state index >= 15 is 4.39 Å². The van der Waals surface area contributed by atoms with Crippen molar-refractivity contribution in [3.63, 3.8) is 0 Å². The first-order valence-corrected chi connectivity index (χ1v) is 12.6. The van der Waals surface area contributed by atoms with Crippen molar-refractivity contribution in [2.75, 3.05) is 41.0 Å². The topological polar surface area (TPSA) is 92.7 Å². The minimum Gasteiger partial charge on any atom is -0.358 e. The molecule has 0 spiro atoms. The average molecular weight is 463 g/mol. The van der Waals surface area contributed by atoms with E-state index in [1.165, 1.54) is 0 Å². The van der Waals surface area contributed by atoms with Crippen molar-refractivity contribution in [3.05, 3.63) is 47.2 Å². The Hall–Kier alpha value is -2.59. The minimum absolute atomic E-state index is 0.0158. The van der Waals surface area contributed by atoms with Crippen molar-refractivity contribution in [1.29, 1.82) is 0 Å². The highest BCUT2D eigenvalue weighted by Gasteiger charge is 2.33. The molecule has 0 radical (unpaired) electrons. The second-order valence-corrected chi connectivity index (χ2v) is 10.5. The molecule has 1 amide bonds. The van der Waals surface area contributed by atoms with Crippen molar-refractivity contribution in [2.24, 2.45) is 0 Å². The highest BCUT2D eigenvalue weighted by Crippen LogP contribution is 2.30.